The maximum Gasteiger partial charge on any atom is 0.303 e. The van der Waals surface area contributed by atoms with Crippen LogP contribution in [0.5, 0.6) is 0 Å². The van der Waals surface area contributed by atoms with Crippen LogP contribution in [0.2, 0.25) is 0 Å². The first kappa shape index (κ1) is 13.6. The molecule has 0 aliphatic heterocycles. The first-order chi connectivity index (χ1) is 6.97. The predicted molar refractivity (Wildman–Crippen MR) is 57.2 cm³/mol. The number of aliphatic carboxylic acids is 1. The quantitative estimate of drug-likeness (QED) is 0.525. The largest absolute Gasteiger partial charge is 0.481 e. The molecule has 0 aromatic rings. The molecular formula is C10H18N2O3. The standard InChI is InChI=1S/C10H18N2O3/c1-3-4-8(11)10(15)12-6-7(2)5-9(13)14/h3,7-8H,1,4-6,11H2,2H3,(H,12,15)(H,13,14). The zero-order chi connectivity index (χ0) is 11.8. The summed E-state index contributed by atoms with van der Waals surface area (Å²) < 4.78 is 0. The summed E-state index contributed by atoms with van der Waals surface area (Å²) in [7, 11) is 0. The Kier molecular flexibility index (Phi) is 6.37. The number of amides is 1. The van der Waals surface area contributed by atoms with Gasteiger partial charge < -0.3 is 16.2 Å². The van der Waals surface area contributed by atoms with E-state index in [4.69, 9.17) is 10.8 Å². The van der Waals surface area contributed by atoms with E-state index in [-0.39, 0.29) is 18.2 Å². The lowest BCUT2D eigenvalue weighted by Crippen LogP contribution is -2.42. The molecule has 0 heterocycles. The number of hydrogen-bond donors (Lipinski definition) is 3. The van der Waals surface area contributed by atoms with Gasteiger partial charge in [-0.3, -0.25) is 9.59 Å². The summed E-state index contributed by atoms with van der Waals surface area (Å²) in [5.74, 6) is -1.23. The Morgan fingerprint density at radius 3 is 2.67 bits per heavy atom. The molecule has 0 saturated heterocycles. The molecule has 0 aliphatic rings. The van der Waals surface area contributed by atoms with Crippen LogP contribution in [0.15, 0.2) is 12.7 Å². The third-order valence-electron chi connectivity index (χ3n) is 1.91. The molecule has 0 saturated carbocycles. The van der Waals surface area contributed by atoms with Gasteiger partial charge in [-0.2, -0.15) is 0 Å². The Morgan fingerprint density at radius 1 is 1.60 bits per heavy atom. The van der Waals surface area contributed by atoms with Crippen LogP contribution in [-0.4, -0.2) is 29.6 Å². The Labute approximate surface area is 89.3 Å². The molecule has 0 aliphatic carbocycles. The van der Waals surface area contributed by atoms with Crippen molar-refractivity contribution in [3.8, 4) is 0 Å². The van der Waals surface area contributed by atoms with Gasteiger partial charge in [0, 0.05) is 13.0 Å². The summed E-state index contributed by atoms with van der Waals surface area (Å²) in [6.07, 6.45) is 2.03. The molecular weight excluding hydrogens is 196 g/mol. The van der Waals surface area contributed by atoms with Crippen molar-refractivity contribution in [2.24, 2.45) is 11.7 Å². The number of carboxylic acid groups (broad SMARTS) is 1. The van der Waals surface area contributed by atoms with Crippen molar-refractivity contribution in [3.05, 3.63) is 12.7 Å². The van der Waals surface area contributed by atoms with Gasteiger partial charge in [0.1, 0.15) is 0 Å². The van der Waals surface area contributed by atoms with Crippen molar-refractivity contribution < 1.29 is 14.7 Å². The van der Waals surface area contributed by atoms with Crippen LogP contribution in [0.4, 0.5) is 0 Å². The summed E-state index contributed by atoms with van der Waals surface area (Å²) in [6.45, 7) is 5.57. The molecule has 0 fully saturated rings. The lowest BCUT2D eigenvalue weighted by molar-refractivity contribution is -0.138. The fourth-order valence-electron chi connectivity index (χ4n) is 1.06. The molecule has 15 heavy (non-hydrogen) atoms. The average Bonchev–Trinajstić information content (AvgIpc) is 2.13. The van der Waals surface area contributed by atoms with E-state index in [1.54, 1.807) is 13.0 Å². The van der Waals surface area contributed by atoms with Gasteiger partial charge >= 0.3 is 5.97 Å². The number of carboxylic acids is 1. The van der Waals surface area contributed by atoms with E-state index in [0.717, 1.165) is 0 Å². The van der Waals surface area contributed by atoms with Gasteiger partial charge in [0.25, 0.3) is 0 Å². The average molecular weight is 214 g/mol. The molecule has 0 spiro atoms. The van der Waals surface area contributed by atoms with Gasteiger partial charge in [0.05, 0.1) is 6.04 Å². The first-order valence-corrected chi connectivity index (χ1v) is 4.83. The number of carbonyl (C=O) groups is 2. The Bertz CT molecular complexity index is 241. The van der Waals surface area contributed by atoms with Crippen LogP contribution in [0.1, 0.15) is 19.8 Å². The zero-order valence-electron chi connectivity index (χ0n) is 8.90. The van der Waals surface area contributed by atoms with Gasteiger partial charge in [0.15, 0.2) is 0 Å². The van der Waals surface area contributed by atoms with Crippen molar-refractivity contribution in [1.82, 2.24) is 5.32 Å². The van der Waals surface area contributed by atoms with Gasteiger partial charge in [-0.15, -0.1) is 6.58 Å². The van der Waals surface area contributed by atoms with Gasteiger partial charge in [-0.25, -0.2) is 0 Å². The Hall–Kier alpha value is -1.36. The number of carbonyl (C=O) groups excluding carboxylic acids is 1. The van der Waals surface area contributed by atoms with E-state index in [9.17, 15) is 9.59 Å². The summed E-state index contributed by atoms with van der Waals surface area (Å²) in [4.78, 5) is 21.6. The minimum Gasteiger partial charge on any atom is -0.481 e. The molecule has 0 aromatic carbocycles. The second-order valence-corrected chi connectivity index (χ2v) is 3.58. The third-order valence-corrected chi connectivity index (χ3v) is 1.91. The summed E-state index contributed by atoms with van der Waals surface area (Å²) in [5, 5.41) is 11.1. The maximum atomic E-state index is 11.3. The first-order valence-electron chi connectivity index (χ1n) is 4.83. The highest BCUT2D eigenvalue weighted by atomic mass is 16.4. The topological polar surface area (TPSA) is 92.4 Å². The van der Waals surface area contributed by atoms with Crippen molar-refractivity contribution >= 4 is 11.9 Å². The third kappa shape index (κ3) is 6.68. The second kappa shape index (κ2) is 7.00. The highest BCUT2D eigenvalue weighted by molar-refractivity contribution is 5.81. The molecule has 1 amide bonds. The van der Waals surface area contributed by atoms with E-state index < -0.39 is 12.0 Å². The molecule has 4 N–H and O–H groups in total. The van der Waals surface area contributed by atoms with E-state index in [1.807, 2.05) is 0 Å². The number of rotatable bonds is 7. The van der Waals surface area contributed by atoms with Gasteiger partial charge in [0.2, 0.25) is 5.91 Å². The van der Waals surface area contributed by atoms with Gasteiger partial charge in [-0.05, 0) is 12.3 Å². The van der Waals surface area contributed by atoms with Crippen LogP contribution in [0.25, 0.3) is 0 Å². The Morgan fingerprint density at radius 2 is 2.20 bits per heavy atom. The fraction of sp³-hybridized carbons (Fsp3) is 0.600. The molecule has 5 heteroatoms. The monoisotopic (exact) mass is 214 g/mol. The summed E-state index contributed by atoms with van der Waals surface area (Å²) >= 11 is 0. The molecule has 0 bridgehead atoms. The minimum absolute atomic E-state index is 0.0387. The number of nitrogens with one attached hydrogen (secondary N) is 1. The number of nitrogens with two attached hydrogens (primary N) is 1. The molecule has 0 aromatic heterocycles. The van der Waals surface area contributed by atoms with E-state index in [2.05, 4.69) is 11.9 Å². The highest BCUT2D eigenvalue weighted by Gasteiger charge is 2.13. The molecule has 0 radical (unpaired) electrons. The van der Waals surface area contributed by atoms with E-state index in [1.165, 1.54) is 0 Å². The zero-order valence-corrected chi connectivity index (χ0v) is 8.90. The van der Waals surface area contributed by atoms with Crippen LogP contribution < -0.4 is 11.1 Å². The predicted octanol–water partition coefficient (Wildman–Crippen LogP) is 0.117. The Balaban J connectivity index is 3.79. The fourth-order valence-corrected chi connectivity index (χ4v) is 1.06. The van der Waals surface area contributed by atoms with Crippen molar-refractivity contribution in [1.29, 1.82) is 0 Å². The lowest BCUT2D eigenvalue weighted by Gasteiger charge is -2.13. The molecule has 2 unspecified atom stereocenters. The molecule has 5 nitrogen and oxygen atoms in total. The SMILES string of the molecule is C=CCC(N)C(=O)NCC(C)CC(=O)O. The van der Waals surface area contributed by atoms with Crippen molar-refractivity contribution in [2.45, 2.75) is 25.8 Å². The van der Waals surface area contributed by atoms with Crippen molar-refractivity contribution in [3.63, 3.8) is 0 Å². The van der Waals surface area contributed by atoms with Crippen LogP contribution >= 0.6 is 0 Å². The summed E-state index contributed by atoms with van der Waals surface area (Å²) in [6, 6.07) is -0.598. The highest BCUT2D eigenvalue weighted by Crippen LogP contribution is 1.99. The normalized spacial score (nSPS) is 14.0. The van der Waals surface area contributed by atoms with E-state index in [0.29, 0.717) is 13.0 Å². The van der Waals surface area contributed by atoms with Crippen molar-refractivity contribution in [2.75, 3.05) is 6.54 Å². The lowest BCUT2D eigenvalue weighted by atomic mass is 10.1. The van der Waals surface area contributed by atoms with Crippen LogP contribution in [0.3, 0.4) is 0 Å². The number of hydrogen-bond acceptors (Lipinski definition) is 3. The molecule has 86 valence electrons. The van der Waals surface area contributed by atoms with Crippen LogP contribution in [-0.2, 0) is 9.59 Å². The maximum absolute atomic E-state index is 11.3. The smallest absolute Gasteiger partial charge is 0.303 e. The minimum atomic E-state index is -0.868. The second-order valence-electron chi connectivity index (χ2n) is 3.58. The molecule has 0 rings (SSSR count). The van der Waals surface area contributed by atoms with Crippen LogP contribution in [0, 0.1) is 5.92 Å². The van der Waals surface area contributed by atoms with Gasteiger partial charge in [-0.1, -0.05) is 13.0 Å². The summed E-state index contributed by atoms with van der Waals surface area (Å²) in [5.41, 5.74) is 5.52. The molecule has 2 atom stereocenters. The van der Waals surface area contributed by atoms with E-state index >= 15 is 0 Å².